The molecule has 2 N–H and O–H groups in total. The lowest BCUT2D eigenvalue weighted by molar-refractivity contribution is -0.116. The Morgan fingerprint density at radius 1 is 1.21 bits per heavy atom. The number of methoxy groups -OCH3 is 3. The van der Waals surface area contributed by atoms with Gasteiger partial charge >= 0.3 is 0 Å². The Morgan fingerprint density at radius 2 is 1.89 bits per heavy atom. The summed E-state index contributed by atoms with van der Waals surface area (Å²) >= 11 is 1.33. The van der Waals surface area contributed by atoms with Crippen LogP contribution in [-0.4, -0.2) is 43.0 Å². The predicted octanol–water partition coefficient (Wildman–Crippen LogP) is 2.55. The SMILES string of the molecule is C=CCSc1nc2c(c(=O)[nH]1)[C@@H](c1cc(OC)c(OC)c(OC)c1)CC(=O)N2. The summed E-state index contributed by atoms with van der Waals surface area (Å²) in [7, 11) is 4.54. The number of aromatic amines is 1. The number of H-pyrrole nitrogens is 1. The number of hydrogen-bond acceptors (Lipinski definition) is 7. The molecule has 2 aromatic rings. The van der Waals surface area contributed by atoms with Crippen molar-refractivity contribution in [2.45, 2.75) is 17.5 Å². The maximum absolute atomic E-state index is 12.8. The minimum absolute atomic E-state index is 0.107. The molecule has 9 heteroatoms. The first-order valence-electron chi connectivity index (χ1n) is 8.50. The number of carbonyl (C=O) groups is 1. The molecule has 3 rings (SSSR count). The molecular formula is C19H21N3O5S. The highest BCUT2D eigenvalue weighted by Gasteiger charge is 2.32. The van der Waals surface area contributed by atoms with Crippen molar-refractivity contribution in [2.24, 2.45) is 0 Å². The van der Waals surface area contributed by atoms with E-state index in [-0.39, 0.29) is 23.7 Å². The van der Waals surface area contributed by atoms with Crippen LogP contribution >= 0.6 is 11.8 Å². The van der Waals surface area contributed by atoms with Crippen LogP contribution in [-0.2, 0) is 4.79 Å². The van der Waals surface area contributed by atoms with Crippen molar-refractivity contribution in [1.29, 1.82) is 0 Å². The normalized spacial score (nSPS) is 15.4. The lowest BCUT2D eigenvalue weighted by atomic mass is 9.86. The van der Waals surface area contributed by atoms with Crippen LogP contribution in [0.25, 0.3) is 0 Å². The third-order valence-corrected chi connectivity index (χ3v) is 5.23. The maximum Gasteiger partial charge on any atom is 0.257 e. The summed E-state index contributed by atoms with van der Waals surface area (Å²) in [5, 5.41) is 3.13. The van der Waals surface area contributed by atoms with Gasteiger partial charge in [-0.05, 0) is 17.7 Å². The number of aromatic nitrogens is 2. The highest BCUT2D eigenvalue weighted by molar-refractivity contribution is 7.99. The molecule has 0 unspecified atom stereocenters. The van der Waals surface area contributed by atoms with Gasteiger partial charge in [0, 0.05) is 18.1 Å². The zero-order chi connectivity index (χ0) is 20.3. The fourth-order valence-electron chi connectivity index (χ4n) is 3.14. The first-order chi connectivity index (χ1) is 13.5. The molecule has 0 aliphatic carbocycles. The van der Waals surface area contributed by atoms with Gasteiger partial charge in [-0.1, -0.05) is 17.8 Å². The third-order valence-electron chi connectivity index (χ3n) is 4.36. The van der Waals surface area contributed by atoms with E-state index in [9.17, 15) is 9.59 Å². The summed E-state index contributed by atoms with van der Waals surface area (Å²) < 4.78 is 16.1. The van der Waals surface area contributed by atoms with E-state index >= 15 is 0 Å². The fraction of sp³-hybridized carbons (Fsp3) is 0.316. The number of hydrogen-bond donors (Lipinski definition) is 2. The van der Waals surface area contributed by atoms with Gasteiger partial charge in [-0.25, -0.2) is 4.98 Å². The second-order valence-electron chi connectivity index (χ2n) is 6.00. The van der Waals surface area contributed by atoms with Crippen LogP contribution in [0.5, 0.6) is 17.2 Å². The molecule has 0 radical (unpaired) electrons. The molecule has 0 bridgehead atoms. The molecule has 2 heterocycles. The van der Waals surface area contributed by atoms with Crippen molar-refractivity contribution < 1.29 is 19.0 Å². The number of anilines is 1. The van der Waals surface area contributed by atoms with Gasteiger partial charge in [0.05, 0.1) is 26.9 Å². The number of carbonyl (C=O) groups excluding carboxylic acids is 1. The van der Waals surface area contributed by atoms with Crippen molar-refractivity contribution in [3.8, 4) is 17.2 Å². The molecule has 1 atom stereocenters. The van der Waals surface area contributed by atoms with E-state index in [2.05, 4.69) is 21.9 Å². The van der Waals surface area contributed by atoms with Gasteiger partial charge in [-0.2, -0.15) is 0 Å². The number of ether oxygens (including phenoxy) is 3. The van der Waals surface area contributed by atoms with Gasteiger partial charge in [0.25, 0.3) is 5.56 Å². The first-order valence-corrected chi connectivity index (χ1v) is 9.48. The summed E-state index contributed by atoms with van der Waals surface area (Å²) in [6.45, 7) is 3.65. The summed E-state index contributed by atoms with van der Waals surface area (Å²) in [5.41, 5.74) is 0.802. The Hall–Kier alpha value is -2.94. The Morgan fingerprint density at radius 3 is 2.46 bits per heavy atom. The topological polar surface area (TPSA) is 103 Å². The Balaban J connectivity index is 2.14. The Bertz CT molecular complexity index is 948. The first kappa shape index (κ1) is 19.8. The minimum atomic E-state index is -0.493. The zero-order valence-electron chi connectivity index (χ0n) is 15.8. The van der Waals surface area contributed by atoms with Gasteiger partial charge in [0.15, 0.2) is 16.7 Å². The van der Waals surface area contributed by atoms with E-state index in [0.717, 1.165) is 0 Å². The molecular weight excluding hydrogens is 382 g/mol. The van der Waals surface area contributed by atoms with Crippen LogP contribution in [0.3, 0.4) is 0 Å². The lowest BCUT2D eigenvalue weighted by Gasteiger charge is -2.25. The van der Waals surface area contributed by atoms with E-state index in [4.69, 9.17) is 14.2 Å². The molecule has 0 fully saturated rings. The molecule has 1 aliphatic rings. The molecule has 0 spiro atoms. The third kappa shape index (κ3) is 3.70. The number of nitrogens with zero attached hydrogens (tertiary/aromatic N) is 1. The van der Waals surface area contributed by atoms with Gasteiger partial charge in [-0.15, -0.1) is 6.58 Å². The van der Waals surface area contributed by atoms with Crippen molar-refractivity contribution in [3.05, 3.63) is 46.3 Å². The standard InChI is InChI=1S/C19H21N3O5S/c1-5-6-28-19-21-17-15(18(24)22-19)11(9-14(23)20-17)10-7-12(25-2)16(27-4)13(8-10)26-3/h5,7-8,11H,1,6,9H2,2-4H3,(H2,20,21,22,23,24)/t11-/m1/s1. The second kappa shape index (κ2) is 8.39. The van der Waals surface area contributed by atoms with Crippen LogP contribution in [0.2, 0.25) is 0 Å². The van der Waals surface area contributed by atoms with Crippen LogP contribution < -0.4 is 25.1 Å². The number of nitrogens with one attached hydrogen (secondary N) is 2. The number of rotatable bonds is 7. The molecule has 148 valence electrons. The summed E-state index contributed by atoms with van der Waals surface area (Å²) in [6.07, 6.45) is 1.82. The van der Waals surface area contributed by atoms with E-state index in [1.165, 1.54) is 33.1 Å². The molecule has 0 saturated heterocycles. The smallest absolute Gasteiger partial charge is 0.257 e. The number of amides is 1. The van der Waals surface area contributed by atoms with Crippen LogP contribution in [0.4, 0.5) is 5.82 Å². The Labute approximate surface area is 166 Å². The quantitative estimate of drug-likeness (QED) is 0.416. The molecule has 28 heavy (non-hydrogen) atoms. The Kier molecular flexibility index (Phi) is 5.93. The van der Waals surface area contributed by atoms with Gasteiger partial charge in [-0.3, -0.25) is 9.59 Å². The predicted molar refractivity (Wildman–Crippen MR) is 107 cm³/mol. The summed E-state index contributed by atoms with van der Waals surface area (Å²) in [4.78, 5) is 32.3. The second-order valence-corrected chi connectivity index (χ2v) is 7.01. The van der Waals surface area contributed by atoms with Crippen molar-refractivity contribution >= 4 is 23.5 Å². The van der Waals surface area contributed by atoms with E-state index in [1.807, 2.05) is 0 Å². The number of thioether (sulfide) groups is 1. The average Bonchev–Trinajstić information content (AvgIpc) is 2.69. The van der Waals surface area contributed by atoms with Gasteiger partial charge < -0.3 is 24.5 Å². The van der Waals surface area contributed by atoms with Crippen LogP contribution in [0.1, 0.15) is 23.5 Å². The summed E-state index contributed by atoms with van der Waals surface area (Å²) in [6, 6.07) is 3.49. The lowest BCUT2D eigenvalue weighted by Crippen LogP contribution is -2.31. The molecule has 1 aromatic heterocycles. The zero-order valence-corrected chi connectivity index (χ0v) is 16.6. The molecule has 1 amide bonds. The highest BCUT2D eigenvalue weighted by atomic mass is 32.2. The molecule has 1 aromatic carbocycles. The maximum atomic E-state index is 12.8. The van der Waals surface area contributed by atoms with E-state index in [1.54, 1.807) is 18.2 Å². The molecule has 8 nitrogen and oxygen atoms in total. The van der Waals surface area contributed by atoms with Crippen LogP contribution in [0, 0.1) is 0 Å². The van der Waals surface area contributed by atoms with Crippen LogP contribution in [0.15, 0.2) is 34.7 Å². The van der Waals surface area contributed by atoms with Gasteiger partial charge in [0.2, 0.25) is 11.7 Å². The largest absolute Gasteiger partial charge is 0.493 e. The van der Waals surface area contributed by atoms with Crippen molar-refractivity contribution in [2.75, 3.05) is 32.4 Å². The highest BCUT2D eigenvalue weighted by Crippen LogP contribution is 2.43. The average molecular weight is 403 g/mol. The summed E-state index contributed by atoms with van der Waals surface area (Å²) in [5.74, 6) is 1.49. The molecule has 0 saturated carbocycles. The van der Waals surface area contributed by atoms with Crippen molar-refractivity contribution in [1.82, 2.24) is 9.97 Å². The number of fused-ring (bicyclic) bond motifs is 1. The fourth-order valence-corrected chi connectivity index (χ4v) is 3.74. The number of benzene rings is 1. The molecule has 1 aliphatic heterocycles. The van der Waals surface area contributed by atoms with Gasteiger partial charge in [0.1, 0.15) is 5.82 Å². The van der Waals surface area contributed by atoms with Crippen molar-refractivity contribution in [3.63, 3.8) is 0 Å². The minimum Gasteiger partial charge on any atom is -0.493 e. The van der Waals surface area contributed by atoms with E-state index in [0.29, 0.717) is 39.3 Å². The van der Waals surface area contributed by atoms with E-state index < -0.39 is 5.92 Å². The monoisotopic (exact) mass is 403 g/mol.